The number of anilines is 1. The third-order valence-electron chi connectivity index (χ3n) is 5.80. The van der Waals surface area contributed by atoms with Crippen LogP contribution in [0.15, 0.2) is 91.0 Å². The Morgan fingerprint density at radius 3 is 2.28 bits per heavy atom. The summed E-state index contributed by atoms with van der Waals surface area (Å²) in [5, 5.41) is 13.5. The molecule has 4 aromatic carbocycles. The van der Waals surface area contributed by atoms with E-state index in [1.807, 2.05) is 60.7 Å². The van der Waals surface area contributed by atoms with Gasteiger partial charge >= 0.3 is 6.18 Å². The summed E-state index contributed by atoms with van der Waals surface area (Å²) < 4.78 is 40.5. The van der Waals surface area contributed by atoms with Crippen LogP contribution in [0.5, 0.6) is 0 Å². The van der Waals surface area contributed by atoms with Crippen molar-refractivity contribution < 1.29 is 13.2 Å². The van der Waals surface area contributed by atoms with Crippen molar-refractivity contribution in [1.29, 1.82) is 0 Å². The number of nitrogens with one attached hydrogen (secondary N) is 1. The Balaban J connectivity index is 1.58. The van der Waals surface area contributed by atoms with Gasteiger partial charge < -0.3 is 5.32 Å². The third kappa shape index (κ3) is 4.87. The number of hydrogen-bond donors (Lipinski definition) is 1. The minimum atomic E-state index is -4.48. The first-order chi connectivity index (χ1) is 17.3. The molecule has 1 aromatic heterocycles. The maximum Gasteiger partial charge on any atom is 0.416 e. The average Bonchev–Trinajstić information content (AvgIpc) is 2.87. The van der Waals surface area contributed by atoms with E-state index in [9.17, 15) is 13.2 Å². The van der Waals surface area contributed by atoms with Crippen molar-refractivity contribution in [3.8, 4) is 22.4 Å². The summed E-state index contributed by atoms with van der Waals surface area (Å²) in [6.07, 6.45) is -4.48. The molecular weight excluding hydrogens is 506 g/mol. The smallest absolute Gasteiger partial charge is 0.381 e. The van der Waals surface area contributed by atoms with Gasteiger partial charge in [0.1, 0.15) is 11.2 Å². The molecule has 8 heteroatoms. The Kier molecular flexibility index (Phi) is 6.56. The van der Waals surface area contributed by atoms with E-state index < -0.39 is 11.7 Å². The van der Waals surface area contributed by atoms with Gasteiger partial charge in [0.2, 0.25) is 0 Å². The van der Waals surface area contributed by atoms with Gasteiger partial charge in [0.15, 0.2) is 0 Å². The quantitative estimate of drug-likeness (QED) is 0.250. The van der Waals surface area contributed by atoms with Crippen LogP contribution in [0.25, 0.3) is 33.3 Å². The molecule has 0 saturated carbocycles. The maximum atomic E-state index is 13.5. The Hall–Kier alpha value is -3.61. The first-order valence-corrected chi connectivity index (χ1v) is 11.8. The predicted molar refractivity (Wildman–Crippen MR) is 139 cm³/mol. The molecule has 0 radical (unpaired) electrons. The van der Waals surface area contributed by atoms with E-state index in [0.717, 1.165) is 28.1 Å². The lowest BCUT2D eigenvalue weighted by Crippen LogP contribution is -2.12. The number of fused-ring (bicyclic) bond motifs is 1. The lowest BCUT2D eigenvalue weighted by atomic mass is 9.95. The van der Waals surface area contributed by atoms with Crippen LogP contribution in [0.3, 0.4) is 0 Å². The van der Waals surface area contributed by atoms with Crippen LogP contribution in [0.2, 0.25) is 10.0 Å². The maximum absolute atomic E-state index is 13.5. The van der Waals surface area contributed by atoms with Crippen LogP contribution in [0, 0.1) is 0 Å². The fourth-order valence-electron chi connectivity index (χ4n) is 4.15. The predicted octanol–water partition coefficient (Wildman–Crippen LogP) is 8.90. The van der Waals surface area contributed by atoms with Gasteiger partial charge in [0.05, 0.1) is 10.6 Å². The zero-order valence-corrected chi connectivity index (χ0v) is 20.2. The van der Waals surface area contributed by atoms with Crippen molar-refractivity contribution in [1.82, 2.24) is 10.2 Å². The van der Waals surface area contributed by atoms with Gasteiger partial charge in [0.25, 0.3) is 0 Å². The number of hydrogen-bond acceptors (Lipinski definition) is 3. The van der Waals surface area contributed by atoms with Gasteiger partial charge in [-0.3, -0.25) is 0 Å². The molecule has 0 fully saturated rings. The Bertz CT molecular complexity index is 1550. The summed E-state index contributed by atoms with van der Waals surface area (Å²) in [6.45, 7) is -0.0500. The van der Waals surface area contributed by atoms with Crippen LogP contribution < -0.4 is 5.32 Å². The van der Waals surface area contributed by atoms with Crippen molar-refractivity contribution in [2.45, 2.75) is 12.7 Å². The average molecular weight is 524 g/mol. The van der Waals surface area contributed by atoms with Crippen molar-refractivity contribution in [2.75, 3.05) is 5.32 Å². The normalized spacial score (nSPS) is 11.6. The van der Waals surface area contributed by atoms with Crippen LogP contribution in [-0.4, -0.2) is 10.2 Å². The highest BCUT2D eigenvalue weighted by atomic mass is 35.5. The molecule has 0 saturated heterocycles. The molecule has 0 aliphatic carbocycles. The van der Waals surface area contributed by atoms with Crippen LogP contribution in [0.4, 0.5) is 18.9 Å². The molecule has 0 atom stereocenters. The number of halogens is 5. The van der Waals surface area contributed by atoms with Crippen molar-refractivity contribution in [3.05, 3.63) is 112 Å². The molecule has 3 nitrogen and oxygen atoms in total. The number of nitrogens with zero attached hydrogens (tertiary/aromatic N) is 2. The van der Waals surface area contributed by atoms with E-state index in [1.54, 1.807) is 12.1 Å². The first-order valence-electron chi connectivity index (χ1n) is 11.0. The Morgan fingerprint density at radius 2 is 1.50 bits per heavy atom. The molecular formula is C28H18Cl2F3N3. The summed E-state index contributed by atoms with van der Waals surface area (Å²) in [5.74, 6) is 0. The van der Waals surface area contributed by atoms with Crippen LogP contribution in [-0.2, 0) is 12.7 Å². The fraction of sp³-hybridized carbons (Fsp3) is 0.0714. The molecule has 0 aliphatic heterocycles. The highest BCUT2D eigenvalue weighted by molar-refractivity contribution is 6.35. The number of aromatic nitrogens is 2. The standard InChI is InChI=1S/C28H18Cl2F3N3/c29-20-12-13-23(28(31,32)33)19(14-20)16-34-21-9-4-8-18(15-21)25-22-10-5-11-24(30)27(22)36-35-26(25)17-6-2-1-3-7-17/h1-15,34H,16H2. The first kappa shape index (κ1) is 24.1. The zero-order valence-electron chi connectivity index (χ0n) is 18.7. The SMILES string of the molecule is FC(F)(F)c1ccc(Cl)cc1CNc1cccc(-c2c(-c3ccccc3)nnc3c(Cl)cccc23)c1. The Labute approximate surface area is 215 Å². The van der Waals surface area contributed by atoms with Crippen molar-refractivity contribution in [3.63, 3.8) is 0 Å². The van der Waals surface area contributed by atoms with E-state index in [-0.39, 0.29) is 17.1 Å². The highest BCUT2D eigenvalue weighted by Gasteiger charge is 2.33. The van der Waals surface area contributed by atoms with Gasteiger partial charge in [-0.1, -0.05) is 77.8 Å². The summed E-state index contributed by atoms with van der Waals surface area (Å²) in [4.78, 5) is 0. The molecule has 0 aliphatic rings. The van der Waals surface area contributed by atoms with E-state index in [2.05, 4.69) is 15.5 Å². The number of benzene rings is 4. The molecule has 1 N–H and O–H groups in total. The monoisotopic (exact) mass is 523 g/mol. The molecule has 0 bridgehead atoms. The highest BCUT2D eigenvalue weighted by Crippen LogP contribution is 2.38. The molecule has 1 heterocycles. The fourth-order valence-corrected chi connectivity index (χ4v) is 4.56. The van der Waals surface area contributed by atoms with Crippen molar-refractivity contribution in [2.24, 2.45) is 0 Å². The van der Waals surface area contributed by atoms with Gasteiger partial charge in [-0.05, 0) is 47.5 Å². The second kappa shape index (κ2) is 9.80. The zero-order chi connectivity index (χ0) is 25.3. The van der Waals surface area contributed by atoms with E-state index in [0.29, 0.717) is 21.9 Å². The van der Waals surface area contributed by atoms with E-state index >= 15 is 0 Å². The van der Waals surface area contributed by atoms with Gasteiger partial charge in [-0.25, -0.2) is 0 Å². The molecule has 0 unspecified atom stereocenters. The molecule has 36 heavy (non-hydrogen) atoms. The van der Waals surface area contributed by atoms with Gasteiger partial charge in [-0.2, -0.15) is 13.2 Å². The summed E-state index contributed by atoms with van der Waals surface area (Å²) in [6, 6.07) is 26.2. The topological polar surface area (TPSA) is 37.8 Å². The van der Waals surface area contributed by atoms with Gasteiger partial charge in [0, 0.05) is 33.8 Å². The summed E-state index contributed by atoms with van der Waals surface area (Å²) in [5.41, 5.74) is 3.77. The number of alkyl halides is 3. The lowest BCUT2D eigenvalue weighted by molar-refractivity contribution is -0.138. The van der Waals surface area contributed by atoms with Crippen LogP contribution in [0.1, 0.15) is 11.1 Å². The Morgan fingerprint density at radius 1 is 0.750 bits per heavy atom. The van der Waals surface area contributed by atoms with E-state index in [1.165, 1.54) is 12.1 Å². The summed E-state index contributed by atoms with van der Waals surface area (Å²) in [7, 11) is 0. The second-order valence-electron chi connectivity index (χ2n) is 8.16. The minimum Gasteiger partial charge on any atom is -0.381 e. The second-order valence-corrected chi connectivity index (χ2v) is 9.00. The van der Waals surface area contributed by atoms with Crippen LogP contribution >= 0.6 is 23.2 Å². The summed E-state index contributed by atoms with van der Waals surface area (Å²) >= 11 is 12.4. The molecule has 180 valence electrons. The van der Waals surface area contributed by atoms with Gasteiger partial charge in [-0.15, -0.1) is 10.2 Å². The lowest BCUT2D eigenvalue weighted by Gasteiger charge is -2.16. The third-order valence-corrected chi connectivity index (χ3v) is 6.34. The largest absolute Gasteiger partial charge is 0.416 e. The molecule has 5 aromatic rings. The van der Waals surface area contributed by atoms with E-state index in [4.69, 9.17) is 23.2 Å². The minimum absolute atomic E-state index is 0.0500. The molecule has 0 spiro atoms. The molecule has 5 rings (SSSR count). The molecule has 0 amide bonds. The van der Waals surface area contributed by atoms with Crippen molar-refractivity contribution >= 4 is 39.8 Å². The number of rotatable bonds is 5.